The van der Waals surface area contributed by atoms with Gasteiger partial charge in [-0.25, -0.2) is 0 Å². The van der Waals surface area contributed by atoms with Crippen LogP contribution in [0, 0.1) is 5.92 Å². The number of hydrogen-bond donors (Lipinski definition) is 1. The van der Waals surface area contributed by atoms with Crippen LogP contribution in [0.4, 0.5) is 0 Å². The van der Waals surface area contributed by atoms with Gasteiger partial charge in [0.05, 0.1) is 12.2 Å². The Balaban J connectivity index is 2.98. The highest BCUT2D eigenvalue weighted by atomic mass is 15.3. The first-order chi connectivity index (χ1) is 9.85. The predicted octanol–water partition coefficient (Wildman–Crippen LogP) is 1.72. The van der Waals surface area contributed by atoms with Gasteiger partial charge < -0.3 is 10.6 Å². The van der Waals surface area contributed by atoms with Crippen molar-refractivity contribution in [1.29, 1.82) is 0 Å². The van der Waals surface area contributed by atoms with E-state index in [0.29, 0.717) is 5.92 Å². The molecule has 5 heteroatoms. The zero-order valence-electron chi connectivity index (χ0n) is 14.6. The smallest absolute Gasteiger partial charge is 0.0538 e. The molecule has 1 aromatic rings. The Labute approximate surface area is 130 Å². The number of likely N-dealkylation sites (N-methyl/N-ethyl adjacent to an activating group) is 1. The molecule has 0 aromatic carbocycles. The number of aromatic nitrogens is 2. The SMILES string of the molecule is CCC(N)C(c1cnn(C)c1)N(CCN(C)C)CC(C)C. The average Bonchev–Trinajstić information content (AvgIpc) is 2.81. The molecule has 2 unspecified atom stereocenters. The van der Waals surface area contributed by atoms with Gasteiger partial charge in [0.25, 0.3) is 0 Å². The molecule has 0 aliphatic carbocycles. The van der Waals surface area contributed by atoms with Gasteiger partial charge in [0, 0.05) is 44.5 Å². The van der Waals surface area contributed by atoms with Gasteiger partial charge >= 0.3 is 0 Å². The van der Waals surface area contributed by atoms with Crippen molar-refractivity contribution in [3.63, 3.8) is 0 Å². The highest BCUT2D eigenvalue weighted by molar-refractivity contribution is 5.13. The number of hydrogen-bond acceptors (Lipinski definition) is 4. The molecule has 0 aliphatic heterocycles. The molecule has 0 aliphatic rings. The number of nitrogens with two attached hydrogens (primary N) is 1. The molecular formula is C16H33N5. The van der Waals surface area contributed by atoms with Crippen LogP contribution in [-0.2, 0) is 7.05 Å². The van der Waals surface area contributed by atoms with E-state index < -0.39 is 0 Å². The molecule has 21 heavy (non-hydrogen) atoms. The van der Waals surface area contributed by atoms with Crippen LogP contribution in [-0.4, -0.2) is 59.4 Å². The fraction of sp³-hybridized carbons (Fsp3) is 0.812. The molecule has 2 atom stereocenters. The van der Waals surface area contributed by atoms with Gasteiger partial charge in [-0.2, -0.15) is 5.10 Å². The van der Waals surface area contributed by atoms with Crippen LogP contribution in [0.3, 0.4) is 0 Å². The van der Waals surface area contributed by atoms with Crippen molar-refractivity contribution in [2.75, 3.05) is 33.7 Å². The molecular weight excluding hydrogens is 262 g/mol. The fourth-order valence-electron chi connectivity index (χ4n) is 2.69. The monoisotopic (exact) mass is 295 g/mol. The van der Waals surface area contributed by atoms with E-state index in [2.05, 4.69) is 56.0 Å². The molecule has 0 saturated carbocycles. The molecule has 5 nitrogen and oxygen atoms in total. The summed E-state index contributed by atoms with van der Waals surface area (Å²) in [4.78, 5) is 4.75. The molecule has 122 valence electrons. The summed E-state index contributed by atoms with van der Waals surface area (Å²) in [5.41, 5.74) is 7.68. The van der Waals surface area contributed by atoms with Crippen molar-refractivity contribution in [2.24, 2.45) is 18.7 Å². The zero-order chi connectivity index (χ0) is 16.0. The number of rotatable bonds is 9. The third-order valence-electron chi connectivity index (χ3n) is 3.77. The molecule has 0 fully saturated rings. The first kappa shape index (κ1) is 18.1. The third kappa shape index (κ3) is 5.77. The van der Waals surface area contributed by atoms with E-state index in [4.69, 9.17) is 5.73 Å². The summed E-state index contributed by atoms with van der Waals surface area (Å²) in [6, 6.07) is 0.376. The molecule has 1 rings (SSSR count). The lowest BCUT2D eigenvalue weighted by atomic mass is 9.97. The van der Waals surface area contributed by atoms with E-state index in [1.807, 2.05) is 17.9 Å². The Morgan fingerprint density at radius 2 is 1.95 bits per heavy atom. The Hall–Kier alpha value is -0.910. The molecule has 0 spiro atoms. The summed E-state index contributed by atoms with van der Waals surface area (Å²) >= 11 is 0. The summed E-state index contributed by atoms with van der Waals surface area (Å²) in [7, 11) is 6.20. The molecule has 0 saturated heterocycles. The van der Waals surface area contributed by atoms with E-state index in [0.717, 1.165) is 26.1 Å². The van der Waals surface area contributed by atoms with E-state index in [1.165, 1.54) is 5.56 Å². The predicted molar refractivity (Wildman–Crippen MR) is 89.2 cm³/mol. The second-order valence-electron chi connectivity index (χ2n) is 6.66. The van der Waals surface area contributed by atoms with E-state index in [9.17, 15) is 0 Å². The second kappa shape index (κ2) is 8.51. The number of aryl methyl sites for hydroxylation is 1. The lowest BCUT2D eigenvalue weighted by molar-refractivity contribution is 0.138. The standard InChI is InChI=1S/C16H33N5/c1-7-15(17)16(14-10-18-20(6)12-14)21(11-13(2)3)9-8-19(4)5/h10,12-13,15-16H,7-9,11,17H2,1-6H3. The quantitative estimate of drug-likeness (QED) is 0.753. The van der Waals surface area contributed by atoms with Crippen LogP contribution in [0.15, 0.2) is 12.4 Å². The van der Waals surface area contributed by atoms with Crippen molar-refractivity contribution < 1.29 is 0 Å². The minimum absolute atomic E-state index is 0.134. The molecule has 1 aromatic heterocycles. The minimum Gasteiger partial charge on any atom is -0.326 e. The Bertz CT molecular complexity index is 399. The second-order valence-corrected chi connectivity index (χ2v) is 6.66. The van der Waals surface area contributed by atoms with Gasteiger partial charge in [0.2, 0.25) is 0 Å². The maximum Gasteiger partial charge on any atom is 0.0538 e. The van der Waals surface area contributed by atoms with Gasteiger partial charge in [-0.15, -0.1) is 0 Å². The lowest BCUT2D eigenvalue weighted by Crippen LogP contribution is -2.44. The molecule has 0 radical (unpaired) electrons. The Morgan fingerprint density at radius 1 is 1.29 bits per heavy atom. The van der Waals surface area contributed by atoms with Crippen LogP contribution in [0.25, 0.3) is 0 Å². The van der Waals surface area contributed by atoms with Crippen molar-refractivity contribution in [3.8, 4) is 0 Å². The van der Waals surface area contributed by atoms with Gasteiger partial charge in [0.1, 0.15) is 0 Å². The fourth-order valence-corrected chi connectivity index (χ4v) is 2.69. The summed E-state index contributed by atoms with van der Waals surface area (Å²) in [6.07, 6.45) is 5.03. The van der Waals surface area contributed by atoms with Gasteiger partial charge in [-0.3, -0.25) is 9.58 Å². The summed E-state index contributed by atoms with van der Waals surface area (Å²) in [5.74, 6) is 0.621. The third-order valence-corrected chi connectivity index (χ3v) is 3.77. The normalized spacial score (nSPS) is 15.1. The van der Waals surface area contributed by atoms with Crippen molar-refractivity contribution >= 4 is 0 Å². The van der Waals surface area contributed by atoms with Crippen LogP contribution < -0.4 is 5.73 Å². The van der Waals surface area contributed by atoms with Crippen molar-refractivity contribution in [2.45, 2.75) is 39.3 Å². The molecule has 0 bridgehead atoms. The van der Waals surface area contributed by atoms with E-state index in [-0.39, 0.29) is 12.1 Å². The maximum absolute atomic E-state index is 6.45. The first-order valence-corrected chi connectivity index (χ1v) is 7.98. The largest absolute Gasteiger partial charge is 0.326 e. The van der Waals surface area contributed by atoms with E-state index in [1.54, 1.807) is 0 Å². The highest BCUT2D eigenvalue weighted by Crippen LogP contribution is 2.25. The summed E-state index contributed by atoms with van der Waals surface area (Å²) in [5, 5.41) is 4.34. The van der Waals surface area contributed by atoms with Crippen molar-refractivity contribution in [3.05, 3.63) is 18.0 Å². The summed E-state index contributed by atoms with van der Waals surface area (Å²) < 4.78 is 1.87. The summed E-state index contributed by atoms with van der Waals surface area (Å²) in [6.45, 7) is 9.81. The Morgan fingerprint density at radius 3 is 2.38 bits per heavy atom. The van der Waals surface area contributed by atoms with Crippen LogP contribution in [0.2, 0.25) is 0 Å². The van der Waals surface area contributed by atoms with Crippen LogP contribution in [0.5, 0.6) is 0 Å². The zero-order valence-corrected chi connectivity index (χ0v) is 14.6. The van der Waals surface area contributed by atoms with Gasteiger partial charge in [-0.05, 0) is 26.4 Å². The lowest BCUT2D eigenvalue weighted by Gasteiger charge is -2.36. The topological polar surface area (TPSA) is 50.3 Å². The Kier molecular flexibility index (Phi) is 7.35. The molecule has 1 heterocycles. The van der Waals surface area contributed by atoms with Crippen LogP contribution >= 0.6 is 0 Å². The number of nitrogens with zero attached hydrogens (tertiary/aromatic N) is 4. The van der Waals surface area contributed by atoms with Gasteiger partial charge in [-0.1, -0.05) is 20.8 Å². The highest BCUT2D eigenvalue weighted by Gasteiger charge is 2.27. The minimum atomic E-state index is 0.134. The van der Waals surface area contributed by atoms with Crippen LogP contribution in [0.1, 0.15) is 38.8 Å². The molecule has 0 amide bonds. The first-order valence-electron chi connectivity index (χ1n) is 7.98. The van der Waals surface area contributed by atoms with Gasteiger partial charge in [0.15, 0.2) is 0 Å². The molecule has 2 N–H and O–H groups in total. The average molecular weight is 295 g/mol. The van der Waals surface area contributed by atoms with E-state index >= 15 is 0 Å². The maximum atomic E-state index is 6.45. The van der Waals surface area contributed by atoms with Crippen molar-refractivity contribution in [1.82, 2.24) is 19.6 Å².